The average Bonchev–Trinajstić information content (AvgIpc) is 2.39. The molecule has 2 rings (SSSR count). The zero-order valence-corrected chi connectivity index (χ0v) is 12.4. The summed E-state index contributed by atoms with van der Waals surface area (Å²) >= 11 is 3.43. The smallest absolute Gasteiger partial charge is 0.411 e. The number of halogens is 1. The number of hydrogen-bond acceptors (Lipinski definition) is 1. The van der Waals surface area contributed by atoms with Crippen molar-refractivity contribution in [2.75, 3.05) is 11.4 Å². The Morgan fingerprint density at radius 1 is 1.21 bits per heavy atom. The normalized spacial score (nSPS) is 10.6. The molecule has 1 amide bonds. The van der Waals surface area contributed by atoms with Crippen molar-refractivity contribution in [2.45, 2.75) is 19.8 Å². The lowest BCUT2D eigenvalue weighted by atomic mass is 10.1. The number of hydrogen-bond donors (Lipinski definition) is 1. The third kappa shape index (κ3) is 3.26. The zero-order chi connectivity index (χ0) is 13.8. The molecule has 0 heterocycles. The van der Waals surface area contributed by atoms with Gasteiger partial charge in [0.05, 0.1) is 0 Å². The minimum atomic E-state index is -0.898. The number of carboxylic acid groups (broad SMARTS) is 1. The van der Waals surface area contributed by atoms with Crippen LogP contribution in [0.5, 0.6) is 0 Å². The van der Waals surface area contributed by atoms with Crippen LogP contribution in [-0.2, 0) is 0 Å². The predicted octanol–water partition coefficient (Wildman–Crippen LogP) is 4.89. The van der Waals surface area contributed by atoms with Gasteiger partial charge in [0.15, 0.2) is 0 Å². The Kier molecular flexibility index (Phi) is 4.43. The van der Waals surface area contributed by atoms with Crippen LogP contribution in [0.25, 0.3) is 10.8 Å². The van der Waals surface area contributed by atoms with Crippen LogP contribution in [0.3, 0.4) is 0 Å². The van der Waals surface area contributed by atoms with Crippen LogP contribution in [-0.4, -0.2) is 17.7 Å². The maximum absolute atomic E-state index is 11.3. The van der Waals surface area contributed by atoms with Crippen LogP contribution < -0.4 is 4.90 Å². The van der Waals surface area contributed by atoms with Crippen molar-refractivity contribution in [1.82, 2.24) is 0 Å². The molecule has 3 nitrogen and oxygen atoms in total. The van der Waals surface area contributed by atoms with E-state index >= 15 is 0 Å². The van der Waals surface area contributed by atoms with Crippen molar-refractivity contribution in [2.24, 2.45) is 0 Å². The minimum absolute atomic E-state index is 0.536. The Balaban J connectivity index is 2.37. The van der Waals surface area contributed by atoms with Gasteiger partial charge in [-0.25, -0.2) is 4.79 Å². The lowest BCUT2D eigenvalue weighted by Gasteiger charge is -2.19. The number of carbonyl (C=O) groups is 1. The van der Waals surface area contributed by atoms with Crippen molar-refractivity contribution >= 4 is 38.5 Å². The molecule has 0 radical (unpaired) electrons. The maximum atomic E-state index is 11.3. The summed E-state index contributed by atoms with van der Waals surface area (Å²) in [6.07, 6.45) is 0.944. The first-order chi connectivity index (χ1) is 9.11. The number of nitrogens with zero attached hydrogens (tertiary/aromatic N) is 1. The van der Waals surface area contributed by atoms with Crippen LogP contribution in [0.2, 0.25) is 0 Å². The number of unbranched alkanes of at least 4 members (excludes halogenated alkanes) is 1. The molecule has 100 valence electrons. The second-order valence-corrected chi connectivity index (χ2v) is 5.38. The lowest BCUT2D eigenvalue weighted by Crippen LogP contribution is -2.30. The Labute approximate surface area is 121 Å². The molecule has 0 unspecified atom stereocenters. The number of benzene rings is 2. The highest BCUT2D eigenvalue weighted by molar-refractivity contribution is 9.10. The van der Waals surface area contributed by atoms with Crippen LogP contribution in [0, 0.1) is 0 Å². The monoisotopic (exact) mass is 321 g/mol. The molecule has 0 saturated carbocycles. The first-order valence-electron chi connectivity index (χ1n) is 6.31. The summed E-state index contributed by atoms with van der Waals surface area (Å²) in [7, 11) is 0. The predicted molar refractivity (Wildman–Crippen MR) is 81.9 cm³/mol. The molecule has 0 aliphatic heterocycles. The Hall–Kier alpha value is -1.55. The van der Waals surface area contributed by atoms with Gasteiger partial charge < -0.3 is 5.11 Å². The molecular formula is C15H16BrNO2. The van der Waals surface area contributed by atoms with Gasteiger partial charge in [-0.3, -0.25) is 4.90 Å². The van der Waals surface area contributed by atoms with E-state index in [4.69, 9.17) is 0 Å². The zero-order valence-electron chi connectivity index (χ0n) is 10.8. The van der Waals surface area contributed by atoms with Crippen molar-refractivity contribution in [3.8, 4) is 0 Å². The molecule has 19 heavy (non-hydrogen) atoms. The van der Waals surface area contributed by atoms with Gasteiger partial charge in [0.2, 0.25) is 0 Å². The Morgan fingerprint density at radius 3 is 2.58 bits per heavy atom. The Bertz CT molecular complexity index is 598. The molecule has 2 aromatic carbocycles. The number of anilines is 1. The first kappa shape index (κ1) is 13.9. The average molecular weight is 322 g/mol. The second kappa shape index (κ2) is 6.06. The summed E-state index contributed by atoms with van der Waals surface area (Å²) in [5.74, 6) is 0. The maximum Gasteiger partial charge on any atom is 0.411 e. The highest BCUT2D eigenvalue weighted by Gasteiger charge is 2.13. The number of rotatable bonds is 4. The standard InChI is InChI=1S/C15H16BrNO2/c1-2-3-8-17(15(18)19)14-7-5-11-9-13(16)6-4-12(11)10-14/h4-7,9-10H,2-3,8H2,1H3,(H,18,19). The van der Waals surface area contributed by atoms with E-state index in [9.17, 15) is 9.90 Å². The quantitative estimate of drug-likeness (QED) is 0.871. The van der Waals surface area contributed by atoms with E-state index in [2.05, 4.69) is 22.9 Å². The summed E-state index contributed by atoms with van der Waals surface area (Å²) in [5, 5.41) is 11.4. The third-order valence-electron chi connectivity index (χ3n) is 3.06. The largest absolute Gasteiger partial charge is 0.465 e. The lowest BCUT2D eigenvalue weighted by molar-refractivity contribution is 0.201. The number of amides is 1. The van der Waals surface area contributed by atoms with Gasteiger partial charge in [0.1, 0.15) is 0 Å². The van der Waals surface area contributed by atoms with Crippen LogP contribution in [0.15, 0.2) is 40.9 Å². The number of fused-ring (bicyclic) bond motifs is 1. The summed E-state index contributed by atoms with van der Waals surface area (Å²) in [4.78, 5) is 12.7. The van der Waals surface area contributed by atoms with Crippen molar-refractivity contribution in [1.29, 1.82) is 0 Å². The van der Waals surface area contributed by atoms with E-state index in [0.717, 1.165) is 33.8 Å². The van der Waals surface area contributed by atoms with Gasteiger partial charge >= 0.3 is 6.09 Å². The Morgan fingerprint density at radius 2 is 1.89 bits per heavy atom. The highest BCUT2D eigenvalue weighted by Crippen LogP contribution is 2.25. The minimum Gasteiger partial charge on any atom is -0.465 e. The van der Waals surface area contributed by atoms with Gasteiger partial charge in [-0.05, 0) is 41.5 Å². The van der Waals surface area contributed by atoms with Gasteiger partial charge in [0.25, 0.3) is 0 Å². The van der Waals surface area contributed by atoms with E-state index < -0.39 is 6.09 Å². The molecule has 2 aromatic rings. The molecule has 1 N–H and O–H groups in total. The third-order valence-corrected chi connectivity index (χ3v) is 3.56. The summed E-state index contributed by atoms with van der Waals surface area (Å²) in [6, 6.07) is 11.7. The van der Waals surface area contributed by atoms with Gasteiger partial charge in [-0.1, -0.05) is 41.4 Å². The van der Waals surface area contributed by atoms with Crippen LogP contribution in [0.4, 0.5) is 10.5 Å². The van der Waals surface area contributed by atoms with Crippen molar-refractivity contribution < 1.29 is 9.90 Å². The molecular weight excluding hydrogens is 306 g/mol. The van der Waals surface area contributed by atoms with E-state index in [0.29, 0.717) is 6.54 Å². The van der Waals surface area contributed by atoms with E-state index in [1.807, 2.05) is 36.4 Å². The van der Waals surface area contributed by atoms with Crippen molar-refractivity contribution in [3.05, 3.63) is 40.9 Å². The first-order valence-corrected chi connectivity index (χ1v) is 7.11. The topological polar surface area (TPSA) is 40.5 Å². The summed E-state index contributed by atoms with van der Waals surface area (Å²) in [5.41, 5.74) is 0.732. The second-order valence-electron chi connectivity index (χ2n) is 4.46. The summed E-state index contributed by atoms with van der Waals surface area (Å²) < 4.78 is 1.02. The molecule has 0 aliphatic rings. The molecule has 0 atom stereocenters. The van der Waals surface area contributed by atoms with E-state index in [-0.39, 0.29) is 0 Å². The molecule has 0 aromatic heterocycles. The molecule has 4 heteroatoms. The summed E-state index contributed by atoms with van der Waals surface area (Å²) in [6.45, 7) is 2.59. The fourth-order valence-electron chi connectivity index (χ4n) is 2.02. The van der Waals surface area contributed by atoms with Gasteiger partial charge in [-0.2, -0.15) is 0 Å². The fourth-order valence-corrected chi connectivity index (χ4v) is 2.40. The fraction of sp³-hybridized carbons (Fsp3) is 0.267. The van der Waals surface area contributed by atoms with E-state index in [1.54, 1.807) is 0 Å². The van der Waals surface area contributed by atoms with Crippen molar-refractivity contribution in [3.63, 3.8) is 0 Å². The van der Waals surface area contributed by atoms with Gasteiger partial charge in [0, 0.05) is 16.7 Å². The van der Waals surface area contributed by atoms with Crippen LogP contribution in [0.1, 0.15) is 19.8 Å². The van der Waals surface area contributed by atoms with Crippen LogP contribution >= 0.6 is 15.9 Å². The molecule has 0 fully saturated rings. The molecule has 0 spiro atoms. The highest BCUT2D eigenvalue weighted by atomic mass is 79.9. The molecule has 0 bridgehead atoms. The van der Waals surface area contributed by atoms with E-state index in [1.165, 1.54) is 4.90 Å². The molecule has 0 saturated heterocycles. The van der Waals surface area contributed by atoms with Gasteiger partial charge in [-0.15, -0.1) is 0 Å². The SMILES string of the molecule is CCCCN(C(=O)O)c1ccc2cc(Br)ccc2c1. The molecule has 0 aliphatic carbocycles.